The molecule has 0 heterocycles. The van der Waals surface area contributed by atoms with E-state index >= 15 is 0 Å². The zero-order valence-electron chi connectivity index (χ0n) is 23.4. The van der Waals surface area contributed by atoms with Gasteiger partial charge >= 0.3 is 0 Å². The number of amides is 1. The van der Waals surface area contributed by atoms with Crippen molar-refractivity contribution in [1.82, 2.24) is 10.2 Å². The van der Waals surface area contributed by atoms with Crippen molar-refractivity contribution in [3.05, 3.63) is 29.8 Å². The van der Waals surface area contributed by atoms with E-state index in [1.54, 1.807) is 7.11 Å². The fourth-order valence-electron chi connectivity index (χ4n) is 4.65. The molecule has 0 aliphatic carbocycles. The fraction of sp³-hybridized carbons (Fsp3) is 0.774. The summed E-state index contributed by atoms with van der Waals surface area (Å²) in [5.74, 6) is 1.18. The van der Waals surface area contributed by atoms with Crippen LogP contribution in [-0.4, -0.2) is 44.6 Å². The number of methoxy groups -OCH3 is 1. The zero-order chi connectivity index (χ0) is 25.4. The van der Waals surface area contributed by atoms with Gasteiger partial charge in [-0.05, 0) is 37.6 Å². The SMILES string of the molecule is CCCCCCCCCCCCCCCCCCC(=O)N(CCNC)CCc1ccc(OC)cc1. The maximum atomic E-state index is 12.8. The van der Waals surface area contributed by atoms with Crippen molar-refractivity contribution in [1.29, 1.82) is 0 Å². The Morgan fingerprint density at radius 2 is 1.23 bits per heavy atom. The molecule has 0 unspecified atom stereocenters. The Hall–Kier alpha value is -1.55. The van der Waals surface area contributed by atoms with Crippen molar-refractivity contribution >= 4 is 5.91 Å². The van der Waals surface area contributed by atoms with Crippen LogP contribution in [0.5, 0.6) is 5.75 Å². The number of unbranched alkanes of at least 4 members (excludes halogenated alkanes) is 15. The molecular formula is C31H56N2O2. The van der Waals surface area contributed by atoms with E-state index < -0.39 is 0 Å². The van der Waals surface area contributed by atoms with Crippen LogP contribution >= 0.6 is 0 Å². The van der Waals surface area contributed by atoms with E-state index in [-0.39, 0.29) is 0 Å². The number of rotatable bonds is 24. The fourth-order valence-corrected chi connectivity index (χ4v) is 4.65. The lowest BCUT2D eigenvalue weighted by Crippen LogP contribution is -2.37. The summed E-state index contributed by atoms with van der Waals surface area (Å²) in [6.45, 7) is 4.69. The molecule has 0 radical (unpaired) electrons. The van der Waals surface area contributed by atoms with Gasteiger partial charge < -0.3 is 15.0 Å². The minimum atomic E-state index is 0.305. The summed E-state index contributed by atoms with van der Waals surface area (Å²) in [4.78, 5) is 14.8. The number of nitrogens with one attached hydrogen (secondary N) is 1. The average molecular weight is 489 g/mol. The molecule has 1 rings (SSSR count). The normalized spacial score (nSPS) is 11.1. The molecular weight excluding hydrogens is 432 g/mol. The highest BCUT2D eigenvalue weighted by molar-refractivity contribution is 5.76. The molecule has 0 spiro atoms. The van der Waals surface area contributed by atoms with E-state index in [9.17, 15) is 4.79 Å². The Balaban J connectivity index is 2.03. The van der Waals surface area contributed by atoms with E-state index in [1.807, 2.05) is 24.1 Å². The number of benzene rings is 1. The second kappa shape index (κ2) is 22.9. The second-order valence-electron chi connectivity index (χ2n) is 10.1. The average Bonchev–Trinajstić information content (AvgIpc) is 2.88. The van der Waals surface area contributed by atoms with Gasteiger partial charge in [0.2, 0.25) is 5.91 Å². The van der Waals surface area contributed by atoms with Crippen molar-refractivity contribution in [2.24, 2.45) is 0 Å². The number of hydrogen-bond donors (Lipinski definition) is 1. The van der Waals surface area contributed by atoms with Gasteiger partial charge in [-0.2, -0.15) is 0 Å². The Labute approximate surface area is 217 Å². The first-order valence-corrected chi connectivity index (χ1v) is 14.8. The van der Waals surface area contributed by atoms with E-state index in [0.29, 0.717) is 12.3 Å². The molecule has 0 aromatic heterocycles. The van der Waals surface area contributed by atoms with Crippen molar-refractivity contribution in [2.75, 3.05) is 33.8 Å². The maximum absolute atomic E-state index is 12.8. The van der Waals surface area contributed by atoms with Crippen LogP contribution in [0.3, 0.4) is 0 Å². The number of carbonyl (C=O) groups is 1. The molecule has 1 amide bonds. The largest absolute Gasteiger partial charge is 0.497 e. The number of likely N-dealkylation sites (N-methyl/N-ethyl adjacent to an activating group) is 1. The summed E-state index contributed by atoms with van der Waals surface area (Å²) in [6, 6.07) is 8.17. The van der Waals surface area contributed by atoms with Crippen LogP contribution in [-0.2, 0) is 11.2 Å². The summed E-state index contributed by atoms with van der Waals surface area (Å²) in [5, 5.41) is 3.18. The Morgan fingerprint density at radius 1 is 0.743 bits per heavy atom. The summed E-state index contributed by atoms with van der Waals surface area (Å²) >= 11 is 0. The van der Waals surface area contributed by atoms with Gasteiger partial charge in [0.25, 0.3) is 0 Å². The molecule has 4 heteroatoms. The molecule has 0 saturated heterocycles. The predicted molar refractivity (Wildman–Crippen MR) is 151 cm³/mol. The third kappa shape index (κ3) is 17.5. The van der Waals surface area contributed by atoms with Gasteiger partial charge in [-0.25, -0.2) is 0 Å². The summed E-state index contributed by atoms with van der Waals surface area (Å²) < 4.78 is 5.24. The zero-order valence-corrected chi connectivity index (χ0v) is 23.4. The number of carbonyl (C=O) groups excluding carboxylic acids is 1. The molecule has 202 valence electrons. The van der Waals surface area contributed by atoms with Gasteiger partial charge in [0.1, 0.15) is 5.75 Å². The summed E-state index contributed by atoms with van der Waals surface area (Å²) in [5.41, 5.74) is 1.25. The van der Waals surface area contributed by atoms with Gasteiger partial charge in [-0.3, -0.25) is 4.79 Å². The third-order valence-corrected chi connectivity index (χ3v) is 7.06. The molecule has 0 aliphatic heterocycles. The van der Waals surface area contributed by atoms with E-state index in [0.717, 1.165) is 38.2 Å². The highest BCUT2D eigenvalue weighted by Gasteiger charge is 2.12. The van der Waals surface area contributed by atoms with Crippen molar-refractivity contribution in [2.45, 2.75) is 122 Å². The molecule has 1 aromatic carbocycles. The number of ether oxygens (including phenoxy) is 1. The minimum Gasteiger partial charge on any atom is -0.497 e. The van der Waals surface area contributed by atoms with E-state index in [4.69, 9.17) is 4.74 Å². The van der Waals surface area contributed by atoms with Crippen LogP contribution in [0.15, 0.2) is 24.3 Å². The van der Waals surface area contributed by atoms with Crippen LogP contribution in [0.25, 0.3) is 0 Å². The summed E-state index contributed by atoms with van der Waals surface area (Å²) in [6.07, 6.45) is 23.3. The first-order valence-electron chi connectivity index (χ1n) is 14.8. The van der Waals surface area contributed by atoms with E-state index in [1.165, 1.54) is 102 Å². The van der Waals surface area contributed by atoms with E-state index in [2.05, 4.69) is 24.4 Å². The smallest absolute Gasteiger partial charge is 0.222 e. The van der Waals surface area contributed by atoms with Crippen LogP contribution in [0.1, 0.15) is 122 Å². The topological polar surface area (TPSA) is 41.6 Å². The lowest BCUT2D eigenvalue weighted by atomic mass is 10.0. The molecule has 0 fully saturated rings. The quantitative estimate of drug-likeness (QED) is 0.150. The molecule has 0 saturated carbocycles. The van der Waals surface area contributed by atoms with Gasteiger partial charge in [-0.15, -0.1) is 0 Å². The van der Waals surface area contributed by atoms with Crippen LogP contribution in [0.4, 0.5) is 0 Å². The molecule has 0 bridgehead atoms. The molecule has 1 N–H and O–H groups in total. The number of hydrogen-bond acceptors (Lipinski definition) is 3. The first-order chi connectivity index (χ1) is 17.2. The van der Waals surface area contributed by atoms with Crippen LogP contribution in [0.2, 0.25) is 0 Å². The summed E-state index contributed by atoms with van der Waals surface area (Å²) in [7, 11) is 3.63. The second-order valence-corrected chi connectivity index (χ2v) is 10.1. The predicted octanol–water partition coefficient (Wildman–Crippen LogP) is 7.94. The maximum Gasteiger partial charge on any atom is 0.222 e. The van der Waals surface area contributed by atoms with Gasteiger partial charge in [0.05, 0.1) is 7.11 Å². The lowest BCUT2D eigenvalue weighted by Gasteiger charge is -2.23. The van der Waals surface area contributed by atoms with Gasteiger partial charge in [0, 0.05) is 26.1 Å². The number of nitrogens with zero attached hydrogens (tertiary/aromatic N) is 1. The van der Waals surface area contributed by atoms with Crippen LogP contribution < -0.4 is 10.1 Å². The first kappa shape index (κ1) is 31.5. The minimum absolute atomic E-state index is 0.305. The molecule has 0 aliphatic rings. The molecule has 4 nitrogen and oxygen atoms in total. The monoisotopic (exact) mass is 488 g/mol. The standard InChI is InChI=1S/C31H56N2O2/c1-4-5-6-7-8-9-10-11-12-13-14-15-16-17-18-19-20-31(34)33(28-26-32-2)27-25-29-21-23-30(35-3)24-22-29/h21-24,32H,4-20,25-28H2,1-3H3. The van der Waals surface area contributed by atoms with Crippen molar-refractivity contribution in [3.63, 3.8) is 0 Å². The highest BCUT2D eigenvalue weighted by Crippen LogP contribution is 2.15. The van der Waals surface area contributed by atoms with Crippen molar-refractivity contribution in [3.8, 4) is 5.75 Å². The third-order valence-electron chi connectivity index (χ3n) is 7.06. The van der Waals surface area contributed by atoms with Gasteiger partial charge in [0.15, 0.2) is 0 Å². The molecule has 35 heavy (non-hydrogen) atoms. The van der Waals surface area contributed by atoms with Gasteiger partial charge in [-0.1, -0.05) is 115 Å². The Kier molecular flexibility index (Phi) is 20.6. The van der Waals surface area contributed by atoms with Crippen molar-refractivity contribution < 1.29 is 9.53 Å². The Bertz CT molecular complexity index is 603. The Morgan fingerprint density at radius 3 is 1.69 bits per heavy atom. The molecule has 1 aromatic rings. The lowest BCUT2D eigenvalue weighted by molar-refractivity contribution is -0.131. The highest BCUT2D eigenvalue weighted by atomic mass is 16.5. The van der Waals surface area contributed by atoms with Crippen LogP contribution in [0, 0.1) is 0 Å². The molecule has 0 atom stereocenters.